The fraction of sp³-hybridized carbons (Fsp3) is 0.500. The van der Waals surface area contributed by atoms with E-state index in [1.165, 1.54) is 17.8 Å². The molecule has 5 rings (SSSR count). The smallest absolute Gasteiger partial charge is 0.254 e. The molecule has 1 saturated carbocycles. The molecule has 1 N–H and O–H groups in total. The van der Waals surface area contributed by atoms with Crippen molar-refractivity contribution in [3.05, 3.63) is 57.8 Å². The first-order valence-electron chi connectivity index (χ1n) is 13.0. The van der Waals surface area contributed by atoms with E-state index in [0.29, 0.717) is 36.4 Å². The van der Waals surface area contributed by atoms with Crippen LogP contribution in [0.4, 0.5) is 0 Å². The van der Waals surface area contributed by atoms with Crippen molar-refractivity contribution in [3.8, 4) is 0 Å². The van der Waals surface area contributed by atoms with Gasteiger partial charge in [0, 0.05) is 17.5 Å². The van der Waals surface area contributed by atoms with Crippen molar-refractivity contribution >= 4 is 34.8 Å². The van der Waals surface area contributed by atoms with E-state index < -0.39 is 12.1 Å². The van der Waals surface area contributed by atoms with Crippen LogP contribution in [0.15, 0.2) is 41.1 Å². The number of amides is 3. The highest BCUT2D eigenvalue weighted by Crippen LogP contribution is 2.33. The number of benzene rings is 1. The predicted octanol–water partition coefficient (Wildman–Crippen LogP) is 3.82. The summed E-state index contributed by atoms with van der Waals surface area (Å²) in [5.74, 6) is -0.334. The molecule has 8 heteroatoms. The van der Waals surface area contributed by atoms with Crippen molar-refractivity contribution in [2.24, 2.45) is 5.92 Å². The second-order valence-electron chi connectivity index (χ2n) is 10.3. The van der Waals surface area contributed by atoms with Crippen LogP contribution in [0.1, 0.15) is 71.2 Å². The highest BCUT2D eigenvalue weighted by molar-refractivity contribution is 7.08. The number of hydrogen-bond donors (Lipinski definition) is 1. The molecule has 0 bridgehead atoms. The van der Waals surface area contributed by atoms with Crippen LogP contribution in [-0.2, 0) is 9.59 Å². The predicted molar refractivity (Wildman–Crippen MR) is 138 cm³/mol. The molecular formula is C28H33N3O4S. The highest BCUT2D eigenvalue weighted by atomic mass is 32.1. The summed E-state index contributed by atoms with van der Waals surface area (Å²) in [6.45, 7) is 2.31. The number of thiophene rings is 1. The summed E-state index contributed by atoms with van der Waals surface area (Å²) in [7, 11) is 0. The number of rotatable bonds is 6. The third-order valence-corrected chi connectivity index (χ3v) is 8.71. The van der Waals surface area contributed by atoms with E-state index in [-0.39, 0.29) is 36.1 Å². The summed E-state index contributed by atoms with van der Waals surface area (Å²) in [5, 5.41) is 6.61. The molecular weight excluding hydrogens is 474 g/mol. The maximum atomic E-state index is 13.9. The molecule has 190 valence electrons. The fourth-order valence-electron chi connectivity index (χ4n) is 6.12. The Kier molecular flexibility index (Phi) is 7.23. The van der Waals surface area contributed by atoms with Crippen LogP contribution < -0.4 is 5.32 Å². The van der Waals surface area contributed by atoms with Gasteiger partial charge in [-0.15, -0.1) is 0 Å². The van der Waals surface area contributed by atoms with Crippen LogP contribution in [0.25, 0.3) is 0 Å². The van der Waals surface area contributed by atoms with Gasteiger partial charge in [-0.1, -0.05) is 50.3 Å². The number of carbonyl (C=O) groups is 4. The van der Waals surface area contributed by atoms with Gasteiger partial charge in [0.1, 0.15) is 12.1 Å². The molecule has 3 heterocycles. The van der Waals surface area contributed by atoms with E-state index in [1.54, 1.807) is 27.3 Å². The molecule has 2 aliphatic heterocycles. The lowest BCUT2D eigenvalue weighted by atomic mass is 9.84. The molecule has 0 unspecified atom stereocenters. The number of aryl methyl sites for hydroxylation is 1. The van der Waals surface area contributed by atoms with E-state index in [0.717, 1.165) is 31.2 Å². The zero-order valence-corrected chi connectivity index (χ0v) is 21.5. The third kappa shape index (κ3) is 4.83. The lowest BCUT2D eigenvalue weighted by Crippen LogP contribution is -2.53. The minimum atomic E-state index is -0.673. The molecule has 2 aromatic rings. The third-order valence-electron chi connectivity index (χ3n) is 8.02. The van der Waals surface area contributed by atoms with E-state index in [2.05, 4.69) is 5.32 Å². The Hall–Kier alpha value is -3.00. The normalized spacial score (nSPS) is 23.0. The van der Waals surface area contributed by atoms with Gasteiger partial charge in [-0.05, 0) is 48.8 Å². The first-order chi connectivity index (χ1) is 17.4. The van der Waals surface area contributed by atoms with Crippen LogP contribution in [0.2, 0.25) is 0 Å². The molecule has 3 amide bonds. The van der Waals surface area contributed by atoms with Gasteiger partial charge in [0.2, 0.25) is 5.91 Å². The number of ketones is 1. The zero-order valence-electron chi connectivity index (χ0n) is 20.7. The lowest BCUT2D eigenvalue weighted by molar-refractivity contribution is -0.138. The number of fused-ring (bicyclic) bond motifs is 1. The molecule has 0 radical (unpaired) electrons. The summed E-state index contributed by atoms with van der Waals surface area (Å²) in [4.78, 5) is 56.5. The van der Waals surface area contributed by atoms with Gasteiger partial charge in [-0.25, -0.2) is 0 Å². The molecule has 36 heavy (non-hydrogen) atoms. The number of hydrogen-bond acceptors (Lipinski definition) is 5. The average molecular weight is 508 g/mol. The molecule has 1 aliphatic carbocycles. The number of likely N-dealkylation sites (tertiary alicyclic amines) is 2. The summed E-state index contributed by atoms with van der Waals surface area (Å²) in [5.41, 5.74) is 2.01. The Labute approximate surface area is 215 Å². The van der Waals surface area contributed by atoms with Gasteiger partial charge in [0.15, 0.2) is 5.78 Å². The van der Waals surface area contributed by atoms with Crippen LogP contribution in [0.5, 0.6) is 0 Å². The second-order valence-corrected chi connectivity index (χ2v) is 11.1. The molecule has 3 fully saturated rings. The average Bonchev–Trinajstić information content (AvgIpc) is 3.63. The standard InChI is InChI=1S/C28H33N3O4S/c1-18-7-5-6-10-21(18)27(34)31-16-24(32)25-23(31)11-13-30(25)28(35)22(15-19-8-3-2-4-9-19)29-26(33)20-12-14-36-17-20/h5-7,10,12,14,17,19,22-23,25H,2-4,8-9,11,13,15-16H2,1H3,(H,29,33)/t22-,23+,25-/m0/s1. The fourth-order valence-corrected chi connectivity index (χ4v) is 6.76. The van der Waals surface area contributed by atoms with Crippen molar-refractivity contribution < 1.29 is 19.2 Å². The maximum Gasteiger partial charge on any atom is 0.254 e. The van der Waals surface area contributed by atoms with Crippen LogP contribution >= 0.6 is 11.3 Å². The van der Waals surface area contributed by atoms with Gasteiger partial charge in [-0.2, -0.15) is 11.3 Å². The van der Waals surface area contributed by atoms with Crippen molar-refractivity contribution in [1.82, 2.24) is 15.1 Å². The number of Topliss-reactive ketones (excluding diaryl/α,β-unsaturated/α-hetero) is 1. The molecule has 0 spiro atoms. The van der Waals surface area contributed by atoms with Crippen molar-refractivity contribution in [2.45, 2.75) is 70.0 Å². The Morgan fingerprint density at radius 2 is 1.83 bits per heavy atom. The minimum absolute atomic E-state index is 0.0147. The Bertz CT molecular complexity index is 1140. The lowest BCUT2D eigenvalue weighted by Gasteiger charge is -2.31. The Morgan fingerprint density at radius 1 is 1.06 bits per heavy atom. The monoisotopic (exact) mass is 507 g/mol. The van der Waals surface area contributed by atoms with E-state index in [9.17, 15) is 19.2 Å². The largest absolute Gasteiger partial charge is 0.340 e. The summed E-state index contributed by atoms with van der Waals surface area (Å²) < 4.78 is 0. The van der Waals surface area contributed by atoms with Gasteiger partial charge in [0.05, 0.1) is 18.2 Å². The number of carbonyl (C=O) groups excluding carboxylic acids is 4. The van der Waals surface area contributed by atoms with Crippen molar-refractivity contribution in [1.29, 1.82) is 0 Å². The summed E-state index contributed by atoms with van der Waals surface area (Å²) in [6.07, 6.45) is 6.77. The molecule has 1 aromatic carbocycles. The number of nitrogens with one attached hydrogen (secondary N) is 1. The summed E-state index contributed by atoms with van der Waals surface area (Å²) >= 11 is 1.44. The van der Waals surface area contributed by atoms with E-state index >= 15 is 0 Å². The quantitative estimate of drug-likeness (QED) is 0.644. The molecule has 7 nitrogen and oxygen atoms in total. The molecule has 3 aliphatic rings. The van der Waals surface area contributed by atoms with Gasteiger partial charge in [-0.3, -0.25) is 19.2 Å². The minimum Gasteiger partial charge on any atom is -0.340 e. The van der Waals surface area contributed by atoms with Crippen molar-refractivity contribution in [3.63, 3.8) is 0 Å². The Balaban J connectivity index is 1.34. The van der Waals surface area contributed by atoms with Gasteiger partial charge in [0.25, 0.3) is 11.8 Å². The number of nitrogens with zero attached hydrogens (tertiary/aromatic N) is 2. The van der Waals surface area contributed by atoms with Crippen LogP contribution in [-0.4, -0.2) is 64.5 Å². The molecule has 3 atom stereocenters. The first-order valence-corrected chi connectivity index (χ1v) is 13.9. The molecule has 2 saturated heterocycles. The first kappa shape index (κ1) is 24.7. The van der Waals surface area contributed by atoms with Gasteiger partial charge < -0.3 is 15.1 Å². The highest BCUT2D eigenvalue weighted by Gasteiger charge is 2.52. The van der Waals surface area contributed by atoms with Crippen molar-refractivity contribution in [2.75, 3.05) is 13.1 Å². The second kappa shape index (κ2) is 10.5. The SMILES string of the molecule is Cc1ccccc1C(=O)N1CC(=O)[C@@H]2[C@H]1CCN2C(=O)[C@H](CC1CCCCC1)NC(=O)c1ccsc1. The van der Waals surface area contributed by atoms with Crippen LogP contribution in [0.3, 0.4) is 0 Å². The topological polar surface area (TPSA) is 86.8 Å². The Morgan fingerprint density at radius 3 is 2.56 bits per heavy atom. The van der Waals surface area contributed by atoms with Gasteiger partial charge >= 0.3 is 0 Å². The maximum absolute atomic E-state index is 13.9. The van der Waals surface area contributed by atoms with Crippen LogP contribution in [0, 0.1) is 12.8 Å². The zero-order chi connectivity index (χ0) is 25.2. The van der Waals surface area contributed by atoms with E-state index in [1.807, 2.05) is 30.5 Å². The summed E-state index contributed by atoms with van der Waals surface area (Å²) in [6, 6.07) is 7.50. The molecule has 1 aromatic heterocycles. The van der Waals surface area contributed by atoms with E-state index in [4.69, 9.17) is 0 Å².